The van der Waals surface area contributed by atoms with Crippen molar-refractivity contribution in [1.29, 1.82) is 0 Å². The van der Waals surface area contributed by atoms with E-state index in [-0.39, 0.29) is 41.3 Å². The first-order valence-electron chi connectivity index (χ1n) is 10.7. The molecule has 0 spiro atoms. The third-order valence-corrected chi connectivity index (χ3v) is 5.62. The average Bonchev–Trinajstić information content (AvgIpc) is 2.75. The van der Waals surface area contributed by atoms with Crippen LogP contribution in [0.3, 0.4) is 0 Å². The maximum atomic E-state index is 15.0. The maximum Gasteiger partial charge on any atom is 0.431 e. The van der Waals surface area contributed by atoms with Gasteiger partial charge in [-0.3, -0.25) is 9.79 Å². The number of alkyl halides is 3. The first-order valence-corrected chi connectivity index (χ1v) is 10.7. The van der Waals surface area contributed by atoms with Crippen LogP contribution in [0.2, 0.25) is 0 Å². The standard InChI is InChI=1S/C22H27F4N7O2/c1-11(34)33-4-3-18(31-12-9-35-10-12)15(8-33)21(29)32-19-6-17(27)13(5-16(19)23)14(7-30-2)20(28)22(24,25)26/h5-7,12,31H,3-4,8-10,27-28H2,1-2H3,(H2,29,32). The molecule has 1 amide bonds. The number of benzene rings is 1. The topological polar surface area (TPSA) is 144 Å². The van der Waals surface area contributed by atoms with Gasteiger partial charge in [0.2, 0.25) is 5.91 Å². The van der Waals surface area contributed by atoms with Crippen LogP contribution in [0.5, 0.6) is 0 Å². The molecule has 1 saturated heterocycles. The molecule has 1 aromatic rings. The summed E-state index contributed by atoms with van der Waals surface area (Å²) in [6.07, 6.45) is -3.52. The molecule has 35 heavy (non-hydrogen) atoms. The fourth-order valence-corrected chi connectivity index (χ4v) is 3.65. The lowest BCUT2D eigenvalue weighted by Gasteiger charge is -2.35. The number of rotatable bonds is 6. The Morgan fingerprint density at radius 3 is 2.51 bits per heavy atom. The van der Waals surface area contributed by atoms with Crippen molar-refractivity contribution in [2.24, 2.45) is 21.5 Å². The Hall–Kier alpha value is -3.61. The largest absolute Gasteiger partial charge is 0.431 e. The smallest absolute Gasteiger partial charge is 0.398 e. The fraction of sp³-hybridized carbons (Fsp3) is 0.409. The van der Waals surface area contributed by atoms with Crippen molar-refractivity contribution in [3.8, 4) is 0 Å². The van der Waals surface area contributed by atoms with Crippen LogP contribution in [0.1, 0.15) is 18.9 Å². The van der Waals surface area contributed by atoms with Gasteiger partial charge in [-0.15, -0.1) is 0 Å². The summed E-state index contributed by atoms with van der Waals surface area (Å²) >= 11 is 0. The number of carbonyl (C=O) groups is 1. The highest BCUT2D eigenvalue weighted by Crippen LogP contribution is 2.34. The Labute approximate surface area is 199 Å². The van der Waals surface area contributed by atoms with Gasteiger partial charge in [0.1, 0.15) is 23.0 Å². The number of hydrogen-bond acceptors (Lipinski definition) is 7. The predicted molar refractivity (Wildman–Crippen MR) is 125 cm³/mol. The van der Waals surface area contributed by atoms with E-state index in [2.05, 4.69) is 15.3 Å². The molecule has 0 unspecified atom stereocenters. The van der Waals surface area contributed by atoms with E-state index in [1.807, 2.05) is 0 Å². The first kappa shape index (κ1) is 26.0. The van der Waals surface area contributed by atoms with Crippen LogP contribution >= 0.6 is 0 Å². The van der Waals surface area contributed by atoms with Crippen LogP contribution in [-0.2, 0) is 9.53 Å². The number of nitrogen functional groups attached to an aromatic ring is 1. The quantitative estimate of drug-likeness (QED) is 0.204. The molecule has 9 nitrogen and oxygen atoms in total. The van der Waals surface area contributed by atoms with E-state index >= 15 is 0 Å². The van der Waals surface area contributed by atoms with Crippen LogP contribution < -0.4 is 22.5 Å². The second-order valence-electron chi connectivity index (χ2n) is 8.13. The van der Waals surface area contributed by atoms with Gasteiger partial charge in [0.25, 0.3) is 0 Å². The number of ether oxygens (including phenoxy) is 1. The van der Waals surface area contributed by atoms with Gasteiger partial charge in [-0.25, -0.2) is 9.38 Å². The molecule has 3 rings (SSSR count). The van der Waals surface area contributed by atoms with Crippen molar-refractivity contribution >= 4 is 34.9 Å². The number of hydrogen-bond donors (Lipinski definition) is 4. The number of anilines is 1. The van der Waals surface area contributed by atoms with Crippen molar-refractivity contribution in [2.45, 2.75) is 25.6 Å². The second kappa shape index (κ2) is 10.3. The van der Waals surface area contributed by atoms with E-state index in [1.165, 1.54) is 14.0 Å². The zero-order valence-electron chi connectivity index (χ0n) is 19.2. The van der Waals surface area contributed by atoms with Gasteiger partial charge in [-0.1, -0.05) is 0 Å². The number of amides is 1. The summed E-state index contributed by atoms with van der Waals surface area (Å²) in [5.41, 5.74) is 15.9. The number of nitrogens with two attached hydrogens (primary N) is 3. The maximum absolute atomic E-state index is 15.0. The van der Waals surface area contributed by atoms with Crippen molar-refractivity contribution in [3.05, 3.63) is 40.5 Å². The summed E-state index contributed by atoms with van der Waals surface area (Å²) in [4.78, 5) is 21.2. The lowest BCUT2D eigenvalue weighted by atomic mass is 10.0. The molecule has 2 aliphatic rings. The van der Waals surface area contributed by atoms with Crippen LogP contribution in [0.25, 0.3) is 5.57 Å². The summed E-state index contributed by atoms with van der Waals surface area (Å²) in [7, 11) is 1.25. The highest BCUT2D eigenvalue weighted by molar-refractivity contribution is 6.13. The Balaban J connectivity index is 2.02. The van der Waals surface area contributed by atoms with E-state index in [1.54, 1.807) is 4.90 Å². The third kappa shape index (κ3) is 5.91. The summed E-state index contributed by atoms with van der Waals surface area (Å²) < 4.78 is 59.7. The number of nitrogens with zero attached hydrogens (tertiary/aromatic N) is 3. The van der Waals surface area contributed by atoms with E-state index in [0.29, 0.717) is 31.8 Å². The minimum Gasteiger partial charge on any atom is -0.398 e. The zero-order chi connectivity index (χ0) is 25.9. The fourth-order valence-electron chi connectivity index (χ4n) is 3.65. The molecule has 0 atom stereocenters. The van der Waals surface area contributed by atoms with Crippen LogP contribution in [0.4, 0.5) is 28.9 Å². The van der Waals surface area contributed by atoms with Gasteiger partial charge in [0.05, 0.1) is 25.8 Å². The lowest BCUT2D eigenvalue weighted by molar-refractivity contribution is -0.128. The highest BCUT2D eigenvalue weighted by Gasteiger charge is 2.35. The average molecular weight is 497 g/mol. The molecule has 7 N–H and O–H groups in total. The van der Waals surface area contributed by atoms with E-state index in [0.717, 1.165) is 24.0 Å². The lowest BCUT2D eigenvalue weighted by Crippen LogP contribution is -2.49. The Morgan fingerprint density at radius 1 is 1.29 bits per heavy atom. The molecule has 2 heterocycles. The van der Waals surface area contributed by atoms with Crippen molar-refractivity contribution in [2.75, 3.05) is 39.1 Å². The molecule has 1 aromatic carbocycles. The monoisotopic (exact) mass is 497 g/mol. The number of halogens is 4. The van der Waals surface area contributed by atoms with Gasteiger partial charge >= 0.3 is 6.18 Å². The normalized spacial score (nSPS) is 18.6. The Bertz CT molecular complexity index is 1120. The molecule has 0 radical (unpaired) electrons. The highest BCUT2D eigenvalue weighted by atomic mass is 19.4. The molecule has 0 aliphatic carbocycles. The van der Waals surface area contributed by atoms with Crippen molar-refractivity contribution in [1.82, 2.24) is 10.2 Å². The number of allylic oxidation sites excluding steroid dienone is 2. The van der Waals surface area contributed by atoms with Gasteiger partial charge in [0.15, 0.2) is 0 Å². The molecular formula is C22H27F4N7O2. The summed E-state index contributed by atoms with van der Waals surface area (Å²) in [5.74, 6) is -1.17. The number of amidine groups is 1. The summed E-state index contributed by atoms with van der Waals surface area (Å²) in [6.45, 7) is 3.12. The summed E-state index contributed by atoms with van der Waals surface area (Å²) in [5, 5.41) is 3.32. The summed E-state index contributed by atoms with van der Waals surface area (Å²) in [6, 6.07) is 1.97. The predicted octanol–water partition coefficient (Wildman–Crippen LogP) is 1.82. The Morgan fingerprint density at radius 2 is 1.97 bits per heavy atom. The molecule has 1 fully saturated rings. The van der Waals surface area contributed by atoms with E-state index < -0.39 is 23.3 Å². The number of nitrogens with one attached hydrogen (secondary N) is 1. The molecular weight excluding hydrogens is 470 g/mol. The first-order chi connectivity index (χ1) is 16.4. The van der Waals surface area contributed by atoms with Crippen LogP contribution in [-0.4, -0.2) is 68.4 Å². The van der Waals surface area contributed by atoms with Gasteiger partial charge in [-0.05, 0) is 12.1 Å². The molecule has 0 bridgehead atoms. The molecule has 190 valence electrons. The molecule has 0 saturated carbocycles. The minimum absolute atomic E-state index is 0.0505. The van der Waals surface area contributed by atoms with Crippen LogP contribution in [0, 0.1) is 5.82 Å². The number of carbonyl (C=O) groups excluding carboxylic acids is 1. The van der Waals surface area contributed by atoms with Gasteiger partial charge in [-0.2, -0.15) is 13.2 Å². The van der Waals surface area contributed by atoms with E-state index in [4.69, 9.17) is 21.9 Å². The van der Waals surface area contributed by atoms with Crippen LogP contribution in [0.15, 0.2) is 39.1 Å². The Kier molecular flexibility index (Phi) is 7.68. The minimum atomic E-state index is -4.87. The van der Waals surface area contributed by atoms with Crippen molar-refractivity contribution < 1.29 is 27.1 Å². The SMILES string of the molecule is CN=CC(=C(N)C(F)(F)F)c1cc(F)c(N=C(N)C2=C(NC3COC3)CCN(C(C)=O)C2)cc1N. The van der Waals surface area contributed by atoms with Gasteiger partial charge < -0.3 is 32.2 Å². The molecule has 2 aliphatic heterocycles. The van der Waals surface area contributed by atoms with Crippen molar-refractivity contribution in [3.63, 3.8) is 0 Å². The van der Waals surface area contributed by atoms with Gasteiger partial charge in [0, 0.05) is 61.2 Å². The number of aliphatic imine (C=N–C) groups is 2. The second-order valence-corrected chi connectivity index (χ2v) is 8.13. The zero-order valence-corrected chi connectivity index (χ0v) is 19.2. The third-order valence-electron chi connectivity index (χ3n) is 5.62. The molecule has 0 aromatic heterocycles. The van der Waals surface area contributed by atoms with E-state index in [9.17, 15) is 22.4 Å². The molecule has 13 heteroatoms.